The second kappa shape index (κ2) is 11.0. The van der Waals surface area contributed by atoms with E-state index in [1.807, 2.05) is 47.0 Å². The number of aliphatic hydroxyl groups is 1. The van der Waals surface area contributed by atoms with Crippen LogP contribution in [-0.4, -0.2) is 67.7 Å². The number of amides is 2. The van der Waals surface area contributed by atoms with Gasteiger partial charge in [0, 0.05) is 50.5 Å². The lowest BCUT2D eigenvalue weighted by molar-refractivity contribution is 0.112. The number of halogens is 1. The van der Waals surface area contributed by atoms with Crippen molar-refractivity contribution in [1.29, 1.82) is 0 Å². The van der Waals surface area contributed by atoms with E-state index in [0.29, 0.717) is 42.9 Å². The van der Waals surface area contributed by atoms with Crippen LogP contribution in [0.2, 0.25) is 5.02 Å². The largest absolute Gasteiger partial charge is 0.379 e. The molecule has 2 atom stereocenters. The van der Waals surface area contributed by atoms with E-state index in [9.17, 15) is 9.90 Å². The van der Waals surface area contributed by atoms with Crippen LogP contribution in [-0.2, 0) is 12.6 Å². The number of nitrogens with one attached hydrogen (secondary N) is 1. The number of urea groups is 1. The van der Waals surface area contributed by atoms with Gasteiger partial charge < -0.3 is 19.9 Å². The van der Waals surface area contributed by atoms with Gasteiger partial charge in [-0.05, 0) is 66.3 Å². The monoisotopic (exact) mass is 560 g/mol. The fraction of sp³-hybridized carbons (Fsp3) is 0.452. The Bertz CT molecular complexity index is 1420. The van der Waals surface area contributed by atoms with Crippen molar-refractivity contribution in [3.05, 3.63) is 82.2 Å². The average Bonchev–Trinajstić information content (AvgIpc) is 3.34. The molecular weight excluding hydrogens is 524 g/mol. The van der Waals surface area contributed by atoms with Crippen LogP contribution in [0.15, 0.2) is 49.1 Å². The van der Waals surface area contributed by atoms with Crippen LogP contribution in [0.25, 0.3) is 11.6 Å². The summed E-state index contributed by atoms with van der Waals surface area (Å²) in [5.41, 5.74) is 3.91. The molecule has 1 saturated heterocycles. The highest BCUT2D eigenvalue weighted by atomic mass is 35.5. The van der Waals surface area contributed by atoms with Crippen LogP contribution < -0.4 is 5.32 Å². The number of aromatic nitrogens is 3. The van der Waals surface area contributed by atoms with Crippen LogP contribution >= 0.6 is 11.6 Å². The van der Waals surface area contributed by atoms with Crippen LogP contribution in [0.5, 0.6) is 0 Å². The Kier molecular flexibility index (Phi) is 7.42. The van der Waals surface area contributed by atoms with Crippen molar-refractivity contribution in [1.82, 2.24) is 29.7 Å². The third kappa shape index (κ3) is 5.04. The molecule has 3 aliphatic rings. The molecule has 40 heavy (non-hydrogen) atoms. The fourth-order valence-corrected chi connectivity index (χ4v) is 6.77. The van der Waals surface area contributed by atoms with Gasteiger partial charge in [0.25, 0.3) is 0 Å². The molecule has 2 fully saturated rings. The van der Waals surface area contributed by atoms with E-state index in [-0.39, 0.29) is 12.1 Å². The highest BCUT2D eigenvalue weighted by molar-refractivity contribution is 6.30. The second-order valence-electron chi connectivity index (χ2n) is 11.4. The minimum atomic E-state index is -1.33. The number of rotatable bonds is 4. The number of imidazole rings is 1. The first-order chi connectivity index (χ1) is 19.3. The van der Waals surface area contributed by atoms with E-state index in [4.69, 9.17) is 16.6 Å². The quantitative estimate of drug-likeness (QED) is 0.470. The zero-order valence-corrected chi connectivity index (χ0v) is 23.9. The van der Waals surface area contributed by atoms with Crippen molar-refractivity contribution < 1.29 is 9.90 Å². The first-order valence-electron chi connectivity index (χ1n) is 14.3. The lowest BCUT2D eigenvalue weighted by atomic mass is 9.84. The molecule has 0 bridgehead atoms. The smallest absolute Gasteiger partial charge is 0.317 e. The van der Waals surface area contributed by atoms with E-state index in [1.165, 1.54) is 19.3 Å². The first-order valence-corrected chi connectivity index (χ1v) is 14.7. The number of pyridine rings is 1. The maximum atomic E-state index is 13.1. The molecule has 0 spiro atoms. The van der Waals surface area contributed by atoms with E-state index < -0.39 is 5.60 Å². The third-order valence-corrected chi connectivity index (χ3v) is 9.00. The number of carbonyl (C=O) groups excluding carboxylic acids is 1. The normalized spacial score (nSPS) is 21.6. The highest BCUT2D eigenvalue weighted by Crippen LogP contribution is 2.46. The zero-order chi connectivity index (χ0) is 27.9. The van der Waals surface area contributed by atoms with Gasteiger partial charge in [0.15, 0.2) is 0 Å². The van der Waals surface area contributed by atoms with Crippen molar-refractivity contribution in [2.75, 3.05) is 26.2 Å². The molecule has 9 heteroatoms. The molecule has 2 aromatic heterocycles. The van der Waals surface area contributed by atoms with Gasteiger partial charge in [0.1, 0.15) is 5.60 Å². The minimum absolute atomic E-state index is 0.0503. The summed E-state index contributed by atoms with van der Waals surface area (Å²) in [6.45, 7) is 4.53. The van der Waals surface area contributed by atoms with Crippen molar-refractivity contribution in [2.45, 2.75) is 56.7 Å². The summed E-state index contributed by atoms with van der Waals surface area (Å²) >= 11 is 6.57. The summed E-state index contributed by atoms with van der Waals surface area (Å²) in [4.78, 5) is 26.5. The van der Waals surface area contributed by atoms with Crippen LogP contribution in [0.3, 0.4) is 0 Å². The summed E-state index contributed by atoms with van der Waals surface area (Å²) in [7, 11) is 1.88. The fourth-order valence-electron chi connectivity index (χ4n) is 6.59. The van der Waals surface area contributed by atoms with E-state index in [2.05, 4.69) is 27.3 Å². The van der Waals surface area contributed by atoms with Gasteiger partial charge in [-0.3, -0.25) is 9.88 Å². The van der Waals surface area contributed by atoms with Gasteiger partial charge >= 0.3 is 6.03 Å². The number of nitrogens with zero attached hydrogens (tertiary/aromatic N) is 5. The minimum Gasteiger partial charge on any atom is -0.379 e. The summed E-state index contributed by atoms with van der Waals surface area (Å²) in [5.74, 6) is 0. The van der Waals surface area contributed by atoms with Gasteiger partial charge in [0.2, 0.25) is 0 Å². The molecule has 1 aromatic carbocycles. The molecule has 6 rings (SSSR count). The Hall–Kier alpha value is -3.20. The Balaban J connectivity index is 1.33. The molecule has 3 aromatic rings. The number of hydrogen-bond donors (Lipinski definition) is 2. The van der Waals surface area contributed by atoms with Crippen LogP contribution in [0.1, 0.15) is 73.1 Å². The molecule has 8 nitrogen and oxygen atoms in total. The van der Waals surface area contributed by atoms with Gasteiger partial charge in [-0.2, -0.15) is 0 Å². The number of piperazine rings is 1. The average molecular weight is 561 g/mol. The number of hydrogen-bond acceptors (Lipinski definition) is 5. The Labute approximate surface area is 240 Å². The van der Waals surface area contributed by atoms with E-state index in [0.717, 1.165) is 40.8 Å². The predicted octanol–water partition coefficient (Wildman–Crippen LogP) is 4.98. The maximum absolute atomic E-state index is 13.1. The first kappa shape index (κ1) is 27.0. The van der Waals surface area contributed by atoms with E-state index >= 15 is 0 Å². The second-order valence-corrected chi connectivity index (χ2v) is 11.9. The molecule has 210 valence electrons. The Morgan fingerprint density at radius 3 is 2.62 bits per heavy atom. The Morgan fingerprint density at radius 2 is 1.90 bits per heavy atom. The molecule has 2 N–H and O–H groups in total. The summed E-state index contributed by atoms with van der Waals surface area (Å²) < 4.78 is 1.84. The lowest BCUT2D eigenvalue weighted by Gasteiger charge is -2.40. The van der Waals surface area contributed by atoms with Gasteiger partial charge in [-0.25, -0.2) is 9.78 Å². The van der Waals surface area contributed by atoms with Crippen molar-refractivity contribution in [3.63, 3.8) is 0 Å². The highest BCUT2D eigenvalue weighted by Gasteiger charge is 2.39. The number of carbonyl (C=O) groups is 1. The number of benzene rings is 1. The SMILES string of the molecule is Cn1cncc1[C@](C)(O)C1=Cc2cccnc2[C@@H](N2CCN(C(=O)NC3CCCCC3)CC2)c2ccc(Cl)cc21. The summed E-state index contributed by atoms with van der Waals surface area (Å²) in [6.07, 6.45) is 13.1. The van der Waals surface area contributed by atoms with Crippen LogP contribution in [0.4, 0.5) is 4.79 Å². The molecule has 0 unspecified atom stereocenters. The molecule has 3 heterocycles. The molecule has 1 saturated carbocycles. The standard InChI is InChI=1S/C31H37ClN6O2/c1-31(40,27-19-33-20-36(27)2)26-17-21-7-6-12-34-28(21)29(24-11-10-22(32)18-25(24)26)37-13-15-38(16-14-37)30(39)35-23-8-4-3-5-9-23/h6-7,10-12,17-20,23,29,40H,3-5,8-9,13-16H2,1-2H3,(H,35,39)/t29-,31+/m0/s1. The van der Waals surface area contributed by atoms with Crippen molar-refractivity contribution in [2.24, 2.45) is 7.05 Å². The maximum Gasteiger partial charge on any atom is 0.317 e. The molecule has 2 amide bonds. The molecule has 2 aliphatic carbocycles. The number of aryl methyl sites for hydroxylation is 1. The topological polar surface area (TPSA) is 86.5 Å². The number of fused-ring (bicyclic) bond motifs is 2. The van der Waals surface area contributed by atoms with Crippen molar-refractivity contribution >= 4 is 29.3 Å². The molecule has 1 aliphatic heterocycles. The van der Waals surface area contributed by atoms with Gasteiger partial charge in [-0.15, -0.1) is 0 Å². The molecule has 0 radical (unpaired) electrons. The van der Waals surface area contributed by atoms with Gasteiger partial charge in [0.05, 0.1) is 30.0 Å². The van der Waals surface area contributed by atoms with Crippen LogP contribution in [0, 0.1) is 0 Å². The zero-order valence-electron chi connectivity index (χ0n) is 23.2. The third-order valence-electron chi connectivity index (χ3n) is 8.77. The predicted molar refractivity (Wildman–Crippen MR) is 157 cm³/mol. The van der Waals surface area contributed by atoms with Crippen molar-refractivity contribution in [3.8, 4) is 0 Å². The van der Waals surface area contributed by atoms with Gasteiger partial charge in [-0.1, -0.05) is 43.0 Å². The summed E-state index contributed by atoms with van der Waals surface area (Å²) in [6, 6.07) is 10.1. The molecular formula is C31H37ClN6O2. The summed E-state index contributed by atoms with van der Waals surface area (Å²) in [5, 5.41) is 15.9. The van der Waals surface area contributed by atoms with E-state index in [1.54, 1.807) is 19.4 Å². The lowest BCUT2D eigenvalue weighted by Crippen LogP contribution is -2.54. The Morgan fingerprint density at radius 1 is 1.12 bits per heavy atom.